The van der Waals surface area contributed by atoms with Crippen LogP contribution in [0.4, 0.5) is 0 Å². The van der Waals surface area contributed by atoms with E-state index in [-0.39, 0.29) is 5.16 Å². The van der Waals surface area contributed by atoms with Crippen LogP contribution in [0.1, 0.15) is 27.8 Å². The standard InChI is InChI=1S/C23H22N2Si.C14H13B/c1-19-9-8-14-22(17-19)26-23(25-16-15-24-18-25,20-10-4-2-5-11-20)21-12-6-3-7-13-21;15-11-14(12-7-3-1-4-8-12)13-9-5-2-6-10-13/h2-18H,26H2,1H3;1-11H,15H2. The van der Waals surface area contributed by atoms with Gasteiger partial charge in [-0.15, -0.1) is 5.98 Å². The highest BCUT2D eigenvalue weighted by Gasteiger charge is 2.36. The summed E-state index contributed by atoms with van der Waals surface area (Å²) < 4.78 is 2.30. The van der Waals surface area contributed by atoms with Crippen molar-refractivity contribution < 1.29 is 0 Å². The predicted molar refractivity (Wildman–Crippen MR) is 179 cm³/mol. The molecular formula is C37H35BN2Si. The summed E-state index contributed by atoms with van der Waals surface area (Å²) >= 11 is 0. The van der Waals surface area contributed by atoms with Crippen molar-refractivity contribution in [1.82, 2.24) is 9.55 Å². The fourth-order valence-corrected chi connectivity index (χ4v) is 8.04. The summed E-state index contributed by atoms with van der Waals surface area (Å²) in [5.41, 5.74) is 7.78. The fourth-order valence-electron chi connectivity index (χ4n) is 5.53. The van der Waals surface area contributed by atoms with Crippen LogP contribution in [-0.2, 0) is 5.16 Å². The smallest absolute Gasteiger partial charge is 0.130 e. The number of aromatic nitrogens is 2. The van der Waals surface area contributed by atoms with Gasteiger partial charge in [0.25, 0.3) is 0 Å². The van der Waals surface area contributed by atoms with E-state index in [1.54, 1.807) is 0 Å². The molecule has 0 saturated heterocycles. The van der Waals surface area contributed by atoms with Crippen LogP contribution in [0.25, 0.3) is 5.57 Å². The first-order valence-corrected chi connectivity index (χ1v) is 15.5. The molecule has 1 heterocycles. The van der Waals surface area contributed by atoms with Crippen LogP contribution in [0.3, 0.4) is 0 Å². The third-order valence-electron chi connectivity index (χ3n) is 7.45. The van der Waals surface area contributed by atoms with Crippen molar-refractivity contribution in [3.63, 3.8) is 0 Å². The second kappa shape index (κ2) is 13.6. The van der Waals surface area contributed by atoms with E-state index in [4.69, 9.17) is 0 Å². The molecule has 6 rings (SSSR count). The van der Waals surface area contributed by atoms with Crippen molar-refractivity contribution in [3.05, 3.63) is 198 Å². The highest BCUT2D eigenvalue weighted by Crippen LogP contribution is 2.33. The van der Waals surface area contributed by atoms with Gasteiger partial charge >= 0.3 is 0 Å². The third-order valence-corrected chi connectivity index (χ3v) is 9.99. The maximum Gasteiger partial charge on any atom is 0.130 e. The minimum atomic E-state index is -0.768. The summed E-state index contributed by atoms with van der Waals surface area (Å²) in [5, 5.41) is 1.25. The minimum absolute atomic E-state index is 0.202. The largest absolute Gasteiger partial charge is 0.326 e. The first-order valence-electron chi connectivity index (χ1n) is 14.1. The summed E-state index contributed by atoms with van der Waals surface area (Å²) in [6.45, 7) is 2.17. The van der Waals surface area contributed by atoms with Crippen molar-refractivity contribution in [3.8, 4) is 0 Å². The Hall–Kier alpha value is -4.67. The number of imidazole rings is 1. The minimum Gasteiger partial charge on any atom is -0.326 e. The number of rotatable bonds is 7. The van der Waals surface area contributed by atoms with Crippen LogP contribution in [0.15, 0.2) is 170 Å². The molecule has 0 radical (unpaired) electrons. The molecule has 0 aliphatic carbocycles. The van der Waals surface area contributed by atoms with Gasteiger partial charge in [0.05, 0.1) is 21.0 Å². The van der Waals surface area contributed by atoms with Gasteiger partial charge in [0.1, 0.15) is 7.85 Å². The lowest BCUT2D eigenvalue weighted by Gasteiger charge is -2.37. The summed E-state index contributed by atoms with van der Waals surface area (Å²) in [6, 6.07) is 51.6. The number of hydrogen-bond acceptors (Lipinski definition) is 1. The van der Waals surface area contributed by atoms with Gasteiger partial charge in [0.15, 0.2) is 0 Å². The van der Waals surface area contributed by atoms with Gasteiger partial charge < -0.3 is 4.57 Å². The predicted octanol–water partition coefficient (Wildman–Crippen LogP) is 6.14. The van der Waals surface area contributed by atoms with Crippen molar-refractivity contribution >= 4 is 28.1 Å². The molecule has 0 bridgehead atoms. The van der Waals surface area contributed by atoms with E-state index in [9.17, 15) is 0 Å². The third kappa shape index (κ3) is 6.56. The van der Waals surface area contributed by atoms with E-state index in [1.165, 1.54) is 38.6 Å². The number of nitrogens with zero attached hydrogens (tertiary/aromatic N) is 2. The van der Waals surface area contributed by atoms with Gasteiger partial charge in [-0.25, -0.2) is 4.98 Å². The molecule has 0 aliphatic heterocycles. The Kier molecular flexibility index (Phi) is 9.25. The monoisotopic (exact) mass is 546 g/mol. The normalized spacial score (nSPS) is 11.0. The van der Waals surface area contributed by atoms with Gasteiger partial charge in [-0.2, -0.15) is 0 Å². The average Bonchev–Trinajstić information content (AvgIpc) is 3.58. The van der Waals surface area contributed by atoms with Gasteiger partial charge in [-0.1, -0.05) is 156 Å². The van der Waals surface area contributed by atoms with E-state index >= 15 is 0 Å². The molecule has 0 unspecified atom stereocenters. The molecular weight excluding hydrogens is 511 g/mol. The average molecular weight is 547 g/mol. The van der Waals surface area contributed by atoms with Crippen LogP contribution < -0.4 is 5.19 Å². The second-order valence-electron chi connectivity index (χ2n) is 10.2. The van der Waals surface area contributed by atoms with E-state index in [0.29, 0.717) is 0 Å². The molecule has 0 atom stereocenters. The quantitative estimate of drug-likeness (QED) is 0.220. The van der Waals surface area contributed by atoms with Gasteiger partial charge in [-0.3, -0.25) is 0 Å². The maximum atomic E-state index is 4.38. The fraction of sp³-hybridized carbons (Fsp3) is 0.0541. The second-order valence-corrected chi connectivity index (χ2v) is 12.4. The molecule has 0 amide bonds. The molecule has 5 aromatic carbocycles. The SMILES string of the molecule is BC=C(c1ccccc1)c1ccccc1.Cc1cccc([SiH2]C(c2ccccc2)(c2ccccc2)n2ccnc2)c1. The van der Waals surface area contributed by atoms with Crippen molar-refractivity contribution in [1.29, 1.82) is 0 Å². The maximum absolute atomic E-state index is 4.38. The van der Waals surface area contributed by atoms with E-state index < -0.39 is 9.52 Å². The van der Waals surface area contributed by atoms with Crippen LogP contribution >= 0.6 is 0 Å². The molecule has 6 aromatic rings. The summed E-state index contributed by atoms with van der Waals surface area (Å²) in [5.74, 6) is 2.16. The highest BCUT2D eigenvalue weighted by molar-refractivity contribution is 6.57. The Morgan fingerprint density at radius 3 is 1.63 bits per heavy atom. The Balaban J connectivity index is 0.000000191. The molecule has 41 heavy (non-hydrogen) atoms. The molecule has 0 aliphatic rings. The zero-order chi connectivity index (χ0) is 28.3. The summed E-state index contributed by atoms with van der Waals surface area (Å²) in [7, 11) is 1.31. The lowest BCUT2D eigenvalue weighted by atomic mass is 9.92. The van der Waals surface area contributed by atoms with E-state index in [1.807, 2.05) is 24.7 Å². The van der Waals surface area contributed by atoms with Gasteiger partial charge in [0.2, 0.25) is 0 Å². The summed E-state index contributed by atoms with van der Waals surface area (Å²) in [4.78, 5) is 4.38. The van der Waals surface area contributed by atoms with Crippen LogP contribution in [-0.4, -0.2) is 26.9 Å². The number of aryl methyl sites for hydroxylation is 1. The summed E-state index contributed by atoms with van der Waals surface area (Å²) in [6.07, 6.45) is 5.94. The first kappa shape index (κ1) is 27.9. The molecule has 2 nitrogen and oxygen atoms in total. The first-order chi connectivity index (χ1) is 20.2. The van der Waals surface area contributed by atoms with Crippen LogP contribution in [0.2, 0.25) is 0 Å². The van der Waals surface area contributed by atoms with E-state index in [2.05, 4.69) is 170 Å². The Labute approximate surface area is 247 Å². The van der Waals surface area contributed by atoms with Crippen LogP contribution in [0.5, 0.6) is 0 Å². The van der Waals surface area contributed by atoms with Crippen molar-refractivity contribution in [2.75, 3.05) is 0 Å². The van der Waals surface area contributed by atoms with Gasteiger partial charge in [-0.05, 0) is 34.8 Å². The molecule has 4 heteroatoms. The molecule has 200 valence electrons. The van der Waals surface area contributed by atoms with Crippen molar-refractivity contribution in [2.24, 2.45) is 0 Å². The Morgan fingerprint density at radius 1 is 0.683 bits per heavy atom. The zero-order valence-corrected chi connectivity index (χ0v) is 25.2. The molecule has 0 N–H and O–H groups in total. The molecule has 1 aromatic heterocycles. The lowest BCUT2D eigenvalue weighted by Crippen LogP contribution is -2.46. The Morgan fingerprint density at radius 2 is 1.20 bits per heavy atom. The number of hydrogen-bond donors (Lipinski definition) is 0. The topological polar surface area (TPSA) is 17.8 Å². The van der Waals surface area contributed by atoms with Gasteiger partial charge in [0, 0.05) is 12.4 Å². The van der Waals surface area contributed by atoms with Crippen molar-refractivity contribution in [2.45, 2.75) is 12.1 Å². The molecule has 0 fully saturated rings. The number of benzene rings is 5. The van der Waals surface area contributed by atoms with E-state index in [0.717, 1.165) is 0 Å². The molecule has 0 spiro atoms. The zero-order valence-electron chi connectivity index (χ0n) is 23.8. The highest BCUT2D eigenvalue weighted by atomic mass is 28.2. The molecule has 0 saturated carbocycles. The Bertz CT molecular complexity index is 1570. The van der Waals surface area contributed by atoms with Crippen LogP contribution in [0, 0.1) is 6.92 Å². The lowest BCUT2D eigenvalue weighted by molar-refractivity contribution is 0.596.